The van der Waals surface area contributed by atoms with Crippen LogP contribution in [0.2, 0.25) is 0 Å². The smallest absolute Gasteiger partial charge is 0.263 e. The number of phenolic OH excluding ortho intramolecular Hbond substituents is 1. The molecule has 1 aliphatic carbocycles. The first-order valence-corrected chi connectivity index (χ1v) is 15.1. The summed E-state index contributed by atoms with van der Waals surface area (Å²) in [4.78, 5) is 50.2. The van der Waals surface area contributed by atoms with Crippen LogP contribution in [-0.2, 0) is 26.1 Å². The molecule has 11 heteroatoms. The molecule has 0 spiro atoms. The van der Waals surface area contributed by atoms with Crippen molar-refractivity contribution < 1.29 is 14.7 Å². The fraction of sp³-hybridized carbons (Fsp3) is 0.412. The second kappa shape index (κ2) is 12.2. The van der Waals surface area contributed by atoms with Crippen molar-refractivity contribution in [3.63, 3.8) is 0 Å². The van der Waals surface area contributed by atoms with Crippen molar-refractivity contribution in [1.82, 2.24) is 18.9 Å². The van der Waals surface area contributed by atoms with Crippen molar-refractivity contribution in [2.45, 2.75) is 26.1 Å². The van der Waals surface area contributed by atoms with Crippen molar-refractivity contribution in [3.8, 4) is 22.8 Å². The molecule has 238 valence electrons. The Morgan fingerprint density at radius 2 is 1.42 bits per heavy atom. The molecule has 45 heavy (non-hydrogen) atoms. The average molecular weight is 616 g/mol. The predicted molar refractivity (Wildman–Crippen MR) is 178 cm³/mol. The van der Waals surface area contributed by atoms with Gasteiger partial charge in [0.05, 0.1) is 37.4 Å². The lowest BCUT2D eigenvalue weighted by Gasteiger charge is -2.24. The van der Waals surface area contributed by atoms with Crippen LogP contribution in [0.3, 0.4) is 0 Å². The second-order valence-corrected chi connectivity index (χ2v) is 13.4. The molecule has 0 saturated carbocycles. The van der Waals surface area contributed by atoms with Crippen molar-refractivity contribution in [3.05, 3.63) is 83.9 Å². The first-order valence-electron chi connectivity index (χ1n) is 15.1. The van der Waals surface area contributed by atoms with Crippen LogP contribution in [-0.4, -0.2) is 103 Å². The van der Waals surface area contributed by atoms with Crippen LogP contribution in [0.25, 0.3) is 32.7 Å². The molecular weight excluding hydrogens is 572 g/mol. The maximum Gasteiger partial charge on any atom is 0.263 e. The average Bonchev–Trinajstić information content (AvgIpc) is 2.95. The Morgan fingerprint density at radius 3 is 2.07 bits per heavy atom. The normalized spacial score (nSPS) is 13.0. The van der Waals surface area contributed by atoms with Gasteiger partial charge in [0.2, 0.25) is 5.88 Å². The van der Waals surface area contributed by atoms with Gasteiger partial charge in [0.25, 0.3) is 16.7 Å². The van der Waals surface area contributed by atoms with Gasteiger partial charge in [0.1, 0.15) is 12.3 Å². The lowest BCUT2D eigenvalue weighted by Crippen LogP contribution is -2.39. The van der Waals surface area contributed by atoms with Crippen LogP contribution in [0.1, 0.15) is 11.1 Å². The number of likely N-dealkylation sites (N-methyl/N-ethyl adjacent to an activating group) is 2. The zero-order valence-corrected chi connectivity index (χ0v) is 27.2. The van der Waals surface area contributed by atoms with Gasteiger partial charge < -0.3 is 24.5 Å². The van der Waals surface area contributed by atoms with Gasteiger partial charge in [-0.15, -0.1) is 0 Å². The fourth-order valence-corrected chi connectivity index (χ4v) is 5.93. The van der Waals surface area contributed by atoms with Gasteiger partial charge in [-0.3, -0.25) is 28.5 Å². The Labute approximate surface area is 261 Å². The molecule has 1 aromatic heterocycles. The molecule has 3 aromatic rings. The third-order valence-corrected chi connectivity index (χ3v) is 8.18. The second-order valence-electron chi connectivity index (χ2n) is 13.4. The summed E-state index contributed by atoms with van der Waals surface area (Å²) < 4.78 is 3.24. The molecule has 11 nitrogen and oxygen atoms in total. The van der Waals surface area contributed by atoms with Crippen LogP contribution >= 0.6 is 0 Å². The zero-order chi connectivity index (χ0) is 32.8. The molecule has 2 aromatic carbocycles. The molecule has 0 fully saturated rings. The van der Waals surface area contributed by atoms with E-state index in [0.29, 0.717) is 69.7 Å². The van der Waals surface area contributed by atoms with Crippen LogP contribution in [0, 0.1) is 0 Å². The standard InChI is InChI=1S/C34H42N6O5/c1-36(2)14-16-38-31(42)23-9-10-24-29-28(23)25(33(38)44)19-26(30(29)34(45)39(32(24)43)17-15-37(3)4)35-13-12-21-8-11-27(41)22(18-21)20-40(5,6)7/h8-11,18-19H,12-17,20H2,1-7H3,(H-,35,41,43,45)/p+1. The monoisotopic (exact) mass is 615 g/mol. The van der Waals surface area contributed by atoms with E-state index in [2.05, 4.69) is 21.1 Å². The van der Waals surface area contributed by atoms with Crippen molar-refractivity contribution in [2.75, 3.05) is 69.0 Å². The highest BCUT2D eigenvalue weighted by Gasteiger charge is 2.26. The minimum atomic E-state index is -0.444. The van der Waals surface area contributed by atoms with E-state index in [1.165, 1.54) is 9.13 Å². The number of phenols is 1. The summed E-state index contributed by atoms with van der Waals surface area (Å²) in [5.41, 5.74) is 1.21. The van der Waals surface area contributed by atoms with Gasteiger partial charge in [-0.2, -0.15) is 0 Å². The van der Waals surface area contributed by atoms with Gasteiger partial charge in [-0.1, -0.05) is 6.07 Å². The highest BCUT2D eigenvalue weighted by atomic mass is 16.3. The lowest BCUT2D eigenvalue weighted by molar-refractivity contribution is -0.884. The number of nitrogens with zero attached hydrogens (tertiary/aromatic N) is 6. The molecule has 0 unspecified atom stereocenters. The van der Waals surface area contributed by atoms with E-state index in [1.54, 1.807) is 24.3 Å². The summed E-state index contributed by atoms with van der Waals surface area (Å²) >= 11 is 0. The van der Waals surface area contributed by atoms with Crippen molar-refractivity contribution >= 4 is 21.5 Å². The van der Waals surface area contributed by atoms with Gasteiger partial charge in [0.15, 0.2) is 0 Å². The van der Waals surface area contributed by atoms with Crippen LogP contribution in [0.4, 0.5) is 0 Å². The van der Waals surface area contributed by atoms with E-state index in [1.807, 2.05) is 50.1 Å². The number of hydrogen-bond acceptors (Lipinski definition) is 8. The SMILES string of the molecule is CN(C)CCn1c(O)c2ccc3c4c2c(c(=NCCc2ccc(O)c(C[N+](C)(C)C)c2)cc-4c(=O)n(CCN(C)C)c3=O)c1=O. The Bertz CT molecular complexity index is 2070. The van der Waals surface area contributed by atoms with Crippen LogP contribution in [0.5, 0.6) is 11.6 Å². The molecule has 0 bridgehead atoms. The molecular formula is C34H43N6O5+. The maximum atomic E-state index is 14.1. The number of quaternary nitrogens is 1. The van der Waals surface area contributed by atoms with Gasteiger partial charge in [0, 0.05) is 60.0 Å². The van der Waals surface area contributed by atoms with Crippen LogP contribution in [0.15, 0.2) is 55.8 Å². The molecule has 0 radical (unpaired) electrons. The van der Waals surface area contributed by atoms with Crippen molar-refractivity contribution in [2.24, 2.45) is 4.99 Å². The summed E-state index contributed by atoms with van der Waals surface area (Å²) in [5, 5.41) is 23.5. The number of rotatable bonds is 11. The molecule has 0 amide bonds. The van der Waals surface area contributed by atoms with E-state index < -0.39 is 16.7 Å². The van der Waals surface area contributed by atoms with Crippen molar-refractivity contribution in [1.29, 1.82) is 0 Å². The predicted octanol–water partition coefficient (Wildman–Crippen LogP) is 1.54. The Balaban J connectivity index is 1.74. The molecule has 2 N–H and O–H groups in total. The maximum absolute atomic E-state index is 14.1. The molecule has 2 heterocycles. The molecule has 1 aliphatic heterocycles. The first kappa shape index (κ1) is 32.1. The third kappa shape index (κ3) is 6.28. The number of hydrogen-bond donors (Lipinski definition) is 2. The van der Waals surface area contributed by atoms with Gasteiger partial charge in [-0.05, 0) is 70.5 Å². The van der Waals surface area contributed by atoms with E-state index in [9.17, 15) is 24.6 Å². The Hall–Kier alpha value is -4.32. The molecule has 0 atom stereocenters. The van der Waals surface area contributed by atoms with Gasteiger partial charge in [-0.25, -0.2) is 0 Å². The van der Waals surface area contributed by atoms with Crippen LogP contribution < -0.4 is 22.0 Å². The highest BCUT2D eigenvalue weighted by molar-refractivity contribution is 6.15. The molecule has 0 saturated heterocycles. The minimum absolute atomic E-state index is 0.201. The summed E-state index contributed by atoms with van der Waals surface area (Å²) in [6.07, 6.45) is 0.543. The number of benzene rings is 3. The van der Waals surface area contributed by atoms with E-state index in [4.69, 9.17) is 4.99 Å². The molecule has 5 rings (SSSR count). The fourth-order valence-electron chi connectivity index (χ4n) is 5.93. The molecule has 2 aliphatic rings. The summed E-state index contributed by atoms with van der Waals surface area (Å²) in [6, 6.07) is 10.5. The summed E-state index contributed by atoms with van der Waals surface area (Å²) in [7, 11) is 13.7. The Kier molecular flexibility index (Phi) is 8.72. The number of aromatic hydroxyl groups is 2. The lowest BCUT2D eigenvalue weighted by atomic mass is 9.90. The summed E-state index contributed by atoms with van der Waals surface area (Å²) in [5.74, 6) is 0.0456. The van der Waals surface area contributed by atoms with Gasteiger partial charge >= 0.3 is 0 Å². The third-order valence-electron chi connectivity index (χ3n) is 8.18. The zero-order valence-electron chi connectivity index (χ0n) is 27.2. The van der Waals surface area contributed by atoms with E-state index >= 15 is 0 Å². The topological polar surface area (TPSA) is 120 Å². The quantitative estimate of drug-likeness (QED) is 0.171. The summed E-state index contributed by atoms with van der Waals surface area (Å²) in [6.45, 7) is 2.46. The van der Waals surface area contributed by atoms with E-state index in [-0.39, 0.29) is 30.1 Å². The van der Waals surface area contributed by atoms with E-state index in [0.717, 1.165) is 11.1 Å². The first-order chi connectivity index (χ1) is 21.2. The minimum Gasteiger partial charge on any atom is -0.507 e. The highest BCUT2D eigenvalue weighted by Crippen LogP contribution is 2.36. The Morgan fingerprint density at radius 1 is 0.778 bits per heavy atom. The largest absolute Gasteiger partial charge is 0.507 e. The number of aromatic nitrogens is 2. The number of pyridine rings is 2.